The van der Waals surface area contributed by atoms with Crippen molar-refractivity contribution in [1.29, 1.82) is 0 Å². The van der Waals surface area contributed by atoms with Gasteiger partial charge < -0.3 is 10.8 Å². The van der Waals surface area contributed by atoms with Crippen LogP contribution in [0, 0.1) is 10.5 Å². The van der Waals surface area contributed by atoms with Gasteiger partial charge in [0.25, 0.3) is 0 Å². The lowest BCUT2D eigenvalue weighted by atomic mass is 10.0. The van der Waals surface area contributed by atoms with Crippen LogP contribution in [0.15, 0.2) is 18.2 Å². The minimum Gasteiger partial charge on any atom is -0.394 e. The molecule has 0 fully saturated rings. The molecule has 0 saturated heterocycles. The monoisotopic (exact) mass is 277 g/mol. The summed E-state index contributed by atoms with van der Waals surface area (Å²) in [5.41, 5.74) is 7.91. The SMILES string of the molecule is Cc1c(I)cccc1[C@H](N)CO. The maximum absolute atomic E-state index is 8.88. The van der Waals surface area contributed by atoms with Gasteiger partial charge in [0.15, 0.2) is 0 Å². The molecule has 0 heterocycles. The molecule has 1 aromatic carbocycles. The second-order valence-corrected chi connectivity index (χ2v) is 3.91. The van der Waals surface area contributed by atoms with Gasteiger partial charge in [-0.25, -0.2) is 0 Å². The molecule has 0 aliphatic carbocycles. The summed E-state index contributed by atoms with van der Waals surface area (Å²) in [5.74, 6) is 0. The number of benzene rings is 1. The molecular formula is C9H12INO. The number of rotatable bonds is 2. The molecule has 66 valence electrons. The Bertz CT molecular complexity index is 275. The van der Waals surface area contributed by atoms with Crippen LogP contribution in [0.1, 0.15) is 17.2 Å². The van der Waals surface area contributed by atoms with Gasteiger partial charge in [-0.05, 0) is 46.7 Å². The van der Waals surface area contributed by atoms with Gasteiger partial charge in [-0.2, -0.15) is 0 Å². The molecule has 1 rings (SSSR count). The molecule has 12 heavy (non-hydrogen) atoms. The summed E-state index contributed by atoms with van der Waals surface area (Å²) in [5, 5.41) is 8.88. The van der Waals surface area contributed by atoms with E-state index in [4.69, 9.17) is 10.8 Å². The lowest BCUT2D eigenvalue weighted by Gasteiger charge is -2.12. The summed E-state index contributed by atoms with van der Waals surface area (Å²) in [6.07, 6.45) is 0. The van der Waals surface area contributed by atoms with Crippen molar-refractivity contribution in [2.75, 3.05) is 6.61 Å². The highest BCUT2D eigenvalue weighted by Gasteiger charge is 2.08. The van der Waals surface area contributed by atoms with Crippen molar-refractivity contribution >= 4 is 22.6 Å². The van der Waals surface area contributed by atoms with Gasteiger partial charge in [-0.3, -0.25) is 0 Å². The molecule has 1 atom stereocenters. The summed E-state index contributed by atoms with van der Waals surface area (Å²) in [6.45, 7) is 2.02. The molecule has 0 aromatic heterocycles. The molecule has 0 bridgehead atoms. The Morgan fingerprint density at radius 3 is 2.83 bits per heavy atom. The van der Waals surface area contributed by atoms with Crippen LogP contribution in [0.25, 0.3) is 0 Å². The average Bonchev–Trinajstić information content (AvgIpc) is 2.08. The van der Waals surface area contributed by atoms with Crippen LogP contribution in [0.2, 0.25) is 0 Å². The van der Waals surface area contributed by atoms with E-state index < -0.39 is 0 Å². The number of aliphatic hydroxyl groups excluding tert-OH is 1. The van der Waals surface area contributed by atoms with E-state index in [-0.39, 0.29) is 12.6 Å². The fourth-order valence-electron chi connectivity index (χ4n) is 1.12. The highest BCUT2D eigenvalue weighted by molar-refractivity contribution is 14.1. The zero-order chi connectivity index (χ0) is 9.14. The Balaban J connectivity index is 3.07. The number of hydrogen-bond acceptors (Lipinski definition) is 2. The molecular weight excluding hydrogens is 265 g/mol. The van der Waals surface area contributed by atoms with Gasteiger partial charge in [0.1, 0.15) is 0 Å². The standard InChI is InChI=1S/C9H12INO/c1-6-7(9(11)5-12)3-2-4-8(6)10/h2-4,9,12H,5,11H2,1H3/t9-/m1/s1. The number of aliphatic hydroxyl groups is 1. The fraction of sp³-hybridized carbons (Fsp3) is 0.333. The van der Waals surface area contributed by atoms with Gasteiger partial charge in [0, 0.05) is 3.57 Å². The highest BCUT2D eigenvalue weighted by Crippen LogP contribution is 2.20. The molecule has 2 nitrogen and oxygen atoms in total. The van der Waals surface area contributed by atoms with E-state index in [0.717, 1.165) is 5.56 Å². The van der Waals surface area contributed by atoms with Crippen LogP contribution < -0.4 is 5.73 Å². The topological polar surface area (TPSA) is 46.2 Å². The van der Waals surface area contributed by atoms with Crippen LogP contribution >= 0.6 is 22.6 Å². The van der Waals surface area contributed by atoms with Crippen LogP contribution in [0.5, 0.6) is 0 Å². The predicted octanol–water partition coefficient (Wildman–Crippen LogP) is 1.59. The summed E-state index contributed by atoms with van der Waals surface area (Å²) in [7, 11) is 0. The van der Waals surface area contributed by atoms with E-state index in [1.165, 1.54) is 9.13 Å². The van der Waals surface area contributed by atoms with Crippen molar-refractivity contribution in [3.05, 3.63) is 32.9 Å². The van der Waals surface area contributed by atoms with E-state index in [1.54, 1.807) is 0 Å². The molecule has 0 saturated carbocycles. The summed E-state index contributed by atoms with van der Waals surface area (Å²) in [4.78, 5) is 0. The van der Waals surface area contributed by atoms with Gasteiger partial charge in [-0.15, -0.1) is 0 Å². The Labute approximate surface area is 85.9 Å². The fourth-order valence-corrected chi connectivity index (χ4v) is 1.64. The van der Waals surface area contributed by atoms with Crippen molar-refractivity contribution in [2.24, 2.45) is 5.73 Å². The predicted molar refractivity (Wildman–Crippen MR) is 57.9 cm³/mol. The minimum absolute atomic E-state index is 0.000926. The van der Waals surface area contributed by atoms with Gasteiger partial charge in [0.2, 0.25) is 0 Å². The summed E-state index contributed by atoms with van der Waals surface area (Å²) in [6, 6.07) is 5.70. The van der Waals surface area contributed by atoms with Crippen LogP contribution in [-0.4, -0.2) is 11.7 Å². The second-order valence-electron chi connectivity index (χ2n) is 2.74. The minimum atomic E-state index is -0.250. The van der Waals surface area contributed by atoms with Crippen molar-refractivity contribution in [2.45, 2.75) is 13.0 Å². The maximum atomic E-state index is 8.88. The number of hydrogen-bond donors (Lipinski definition) is 2. The van der Waals surface area contributed by atoms with Crippen molar-refractivity contribution in [3.63, 3.8) is 0 Å². The van der Waals surface area contributed by atoms with Crippen LogP contribution in [-0.2, 0) is 0 Å². The molecule has 1 aromatic rings. The zero-order valence-electron chi connectivity index (χ0n) is 6.92. The summed E-state index contributed by atoms with van der Waals surface area (Å²) < 4.78 is 1.19. The smallest absolute Gasteiger partial charge is 0.0624 e. The van der Waals surface area contributed by atoms with Crippen molar-refractivity contribution in [3.8, 4) is 0 Å². The van der Waals surface area contributed by atoms with Gasteiger partial charge >= 0.3 is 0 Å². The maximum Gasteiger partial charge on any atom is 0.0624 e. The third-order valence-corrected chi connectivity index (χ3v) is 3.07. The molecule has 3 heteroatoms. The number of halogens is 1. The molecule has 0 unspecified atom stereocenters. The quantitative estimate of drug-likeness (QED) is 0.806. The molecule has 0 aliphatic rings. The molecule has 0 aliphatic heterocycles. The Morgan fingerprint density at radius 1 is 1.58 bits per heavy atom. The molecule has 3 N–H and O–H groups in total. The van der Waals surface area contributed by atoms with Crippen LogP contribution in [0.4, 0.5) is 0 Å². The normalized spacial score (nSPS) is 13.0. The lowest BCUT2D eigenvalue weighted by molar-refractivity contribution is 0.267. The van der Waals surface area contributed by atoms with Crippen molar-refractivity contribution < 1.29 is 5.11 Å². The Hall–Kier alpha value is -0.130. The zero-order valence-corrected chi connectivity index (χ0v) is 9.08. The Kier molecular flexibility index (Phi) is 3.49. The highest BCUT2D eigenvalue weighted by atomic mass is 127. The lowest BCUT2D eigenvalue weighted by Crippen LogP contribution is -2.16. The van der Waals surface area contributed by atoms with Crippen LogP contribution in [0.3, 0.4) is 0 Å². The van der Waals surface area contributed by atoms with Gasteiger partial charge in [0.05, 0.1) is 12.6 Å². The first-order valence-corrected chi connectivity index (χ1v) is 4.86. The van der Waals surface area contributed by atoms with Gasteiger partial charge in [-0.1, -0.05) is 12.1 Å². The van der Waals surface area contributed by atoms with E-state index in [1.807, 2.05) is 25.1 Å². The molecule has 0 amide bonds. The van der Waals surface area contributed by atoms with Crippen molar-refractivity contribution in [1.82, 2.24) is 0 Å². The average molecular weight is 277 g/mol. The molecule has 0 radical (unpaired) electrons. The van der Waals surface area contributed by atoms with E-state index in [2.05, 4.69) is 22.6 Å². The second kappa shape index (κ2) is 4.20. The van der Waals surface area contributed by atoms with E-state index in [0.29, 0.717) is 0 Å². The first kappa shape index (κ1) is 9.95. The molecule has 0 spiro atoms. The first-order valence-electron chi connectivity index (χ1n) is 3.78. The largest absolute Gasteiger partial charge is 0.394 e. The van der Waals surface area contributed by atoms with E-state index in [9.17, 15) is 0 Å². The first-order chi connectivity index (χ1) is 5.66. The third-order valence-electron chi connectivity index (χ3n) is 1.91. The number of nitrogens with two attached hydrogens (primary N) is 1. The van der Waals surface area contributed by atoms with E-state index >= 15 is 0 Å². The summed E-state index contributed by atoms with van der Waals surface area (Å²) >= 11 is 2.26. The third kappa shape index (κ3) is 1.97. The Morgan fingerprint density at radius 2 is 2.25 bits per heavy atom.